The number of aromatic nitrogens is 4. The maximum absolute atomic E-state index is 12.6. The zero-order valence-corrected chi connectivity index (χ0v) is 20.1. The fourth-order valence-electron chi connectivity index (χ4n) is 6.07. The van der Waals surface area contributed by atoms with Gasteiger partial charge >= 0.3 is 6.03 Å². The average molecular weight is 482 g/mol. The van der Waals surface area contributed by atoms with Crippen LogP contribution in [0.25, 0.3) is 11.4 Å². The number of carbonyl (C=O) groups excluding carboxylic acids is 1. The number of fused-ring (bicyclic) bond motifs is 1. The van der Waals surface area contributed by atoms with Crippen LogP contribution in [-0.2, 0) is 16.0 Å². The highest BCUT2D eigenvalue weighted by atomic mass is 16.6. The van der Waals surface area contributed by atoms with E-state index in [9.17, 15) is 4.79 Å². The summed E-state index contributed by atoms with van der Waals surface area (Å²) in [6, 6.07) is 8.30. The van der Waals surface area contributed by atoms with Crippen LogP contribution in [0.4, 0.5) is 4.79 Å². The van der Waals surface area contributed by atoms with Crippen molar-refractivity contribution in [3.05, 3.63) is 29.8 Å². The second-order valence-corrected chi connectivity index (χ2v) is 10.4. The molecule has 2 N–H and O–H groups in total. The molecule has 0 radical (unpaired) electrons. The molecule has 4 fully saturated rings. The number of tetrazole rings is 1. The number of urea groups is 1. The van der Waals surface area contributed by atoms with Crippen LogP contribution in [0.1, 0.15) is 56.6 Å². The number of rotatable bonds is 6. The maximum atomic E-state index is 12.6. The van der Waals surface area contributed by atoms with E-state index in [1.165, 1.54) is 37.7 Å². The average Bonchev–Trinajstić information content (AvgIpc) is 3.66. The molecule has 4 atom stereocenters. The van der Waals surface area contributed by atoms with Gasteiger partial charge in [-0.25, -0.2) is 9.48 Å². The standard InChI is InChI=1S/C25H35N7O3/c33-25(26-19-9-2-1-3-10-19)27-20-15-34-23-21(16-35-22(20)23)32-24(28-29-30-32)18-8-6-7-17(13-18)14-31-11-4-5-12-31/h6-8,13,19-23H,1-5,9-12,14-16H2,(H2,26,27,33). The third-order valence-corrected chi connectivity index (χ3v) is 7.88. The second kappa shape index (κ2) is 10.2. The Hall–Kier alpha value is -2.56. The van der Waals surface area contributed by atoms with Crippen molar-refractivity contribution in [1.29, 1.82) is 0 Å². The minimum absolute atomic E-state index is 0.129. The zero-order chi connectivity index (χ0) is 23.6. The summed E-state index contributed by atoms with van der Waals surface area (Å²) in [5.74, 6) is 0.720. The summed E-state index contributed by atoms with van der Waals surface area (Å²) in [6.07, 6.45) is 7.88. The van der Waals surface area contributed by atoms with Crippen LogP contribution in [0.5, 0.6) is 0 Å². The molecule has 1 saturated carbocycles. The molecule has 10 heteroatoms. The summed E-state index contributed by atoms with van der Waals surface area (Å²) in [7, 11) is 0. The van der Waals surface area contributed by atoms with Crippen molar-refractivity contribution in [3.63, 3.8) is 0 Å². The van der Waals surface area contributed by atoms with Crippen LogP contribution < -0.4 is 10.6 Å². The van der Waals surface area contributed by atoms with Crippen molar-refractivity contribution in [3.8, 4) is 11.4 Å². The van der Waals surface area contributed by atoms with Crippen molar-refractivity contribution in [2.45, 2.75) is 81.8 Å². The van der Waals surface area contributed by atoms with E-state index >= 15 is 0 Å². The first kappa shape index (κ1) is 22.9. The van der Waals surface area contributed by atoms with Crippen LogP contribution in [0.2, 0.25) is 0 Å². The quantitative estimate of drug-likeness (QED) is 0.652. The van der Waals surface area contributed by atoms with Crippen molar-refractivity contribution >= 4 is 6.03 Å². The highest BCUT2D eigenvalue weighted by Gasteiger charge is 2.50. The van der Waals surface area contributed by atoms with Crippen LogP contribution in [-0.4, -0.2) is 81.7 Å². The minimum Gasteiger partial charge on any atom is -0.371 e. The lowest BCUT2D eigenvalue weighted by Gasteiger charge is -2.24. The zero-order valence-electron chi connectivity index (χ0n) is 20.1. The van der Waals surface area contributed by atoms with E-state index in [1.807, 2.05) is 4.68 Å². The van der Waals surface area contributed by atoms with Gasteiger partial charge < -0.3 is 20.1 Å². The Bertz CT molecular complexity index is 1020. The maximum Gasteiger partial charge on any atom is 0.315 e. The lowest BCUT2D eigenvalue weighted by molar-refractivity contribution is 0.0624. The molecule has 2 amide bonds. The highest BCUT2D eigenvalue weighted by Crippen LogP contribution is 2.36. The van der Waals surface area contributed by atoms with Gasteiger partial charge in [0.1, 0.15) is 18.2 Å². The van der Waals surface area contributed by atoms with Crippen LogP contribution in [0.15, 0.2) is 24.3 Å². The van der Waals surface area contributed by atoms with E-state index in [0.29, 0.717) is 13.2 Å². The summed E-state index contributed by atoms with van der Waals surface area (Å²) in [6.45, 7) is 4.15. The Morgan fingerprint density at radius 1 is 1.00 bits per heavy atom. The number of carbonyl (C=O) groups is 1. The fraction of sp³-hybridized carbons (Fsp3) is 0.680. The van der Waals surface area contributed by atoms with Crippen molar-refractivity contribution in [1.82, 2.24) is 35.7 Å². The monoisotopic (exact) mass is 481 g/mol. The summed E-state index contributed by atoms with van der Waals surface area (Å²) in [4.78, 5) is 15.1. The molecule has 188 valence electrons. The number of hydrogen-bond acceptors (Lipinski definition) is 7. The Morgan fingerprint density at radius 2 is 1.83 bits per heavy atom. The fourth-order valence-corrected chi connectivity index (χ4v) is 6.07. The van der Waals surface area contributed by atoms with Crippen molar-refractivity contribution < 1.29 is 14.3 Å². The SMILES string of the molecule is O=C(NC1CCCCC1)NC1COC2C1OCC2n1nnnc1-c1cccc(CN2CCCC2)c1. The molecule has 3 aliphatic heterocycles. The number of ether oxygens (including phenoxy) is 2. The summed E-state index contributed by atoms with van der Waals surface area (Å²) in [5.41, 5.74) is 2.26. The molecule has 6 rings (SSSR count). The first-order valence-electron chi connectivity index (χ1n) is 13.1. The van der Waals surface area contributed by atoms with Crippen LogP contribution in [0, 0.1) is 0 Å². The first-order valence-corrected chi connectivity index (χ1v) is 13.1. The molecular weight excluding hydrogens is 446 g/mol. The Labute approximate surface area is 205 Å². The van der Waals surface area contributed by atoms with Gasteiger partial charge in [0.05, 0.1) is 19.3 Å². The first-order chi connectivity index (χ1) is 17.2. The van der Waals surface area contributed by atoms with E-state index in [0.717, 1.165) is 43.9 Å². The van der Waals surface area contributed by atoms with Gasteiger partial charge in [0.25, 0.3) is 0 Å². The Kier molecular flexibility index (Phi) is 6.67. The van der Waals surface area contributed by atoms with Gasteiger partial charge in [0, 0.05) is 18.2 Å². The molecule has 10 nitrogen and oxygen atoms in total. The number of hydrogen-bond donors (Lipinski definition) is 2. The Balaban J connectivity index is 1.11. The molecule has 1 aliphatic carbocycles. The van der Waals surface area contributed by atoms with Crippen molar-refractivity contribution in [2.24, 2.45) is 0 Å². The van der Waals surface area contributed by atoms with Gasteiger partial charge in [-0.05, 0) is 60.8 Å². The van der Waals surface area contributed by atoms with Gasteiger partial charge in [-0.3, -0.25) is 4.90 Å². The van der Waals surface area contributed by atoms with Crippen LogP contribution in [0.3, 0.4) is 0 Å². The van der Waals surface area contributed by atoms with Gasteiger partial charge in [-0.15, -0.1) is 5.10 Å². The normalized spacial score (nSPS) is 29.4. The number of nitrogens with zero attached hydrogens (tertiary/aromatic N) is 5. The number of nitrogens with one attached hydrogen (secondary N) is 2. The van der Waals surface area contributed by atoms with E-state index in [4.69, 9.17) is 9.47 Å². The molecule has 0 spiro atoms. The lowest BCUT2D eigenvalue weighted by Crippen LogP contribution is -2.50. The number of benzene rings is 1. The topological polar surface area (TPSA) is 106 Å². The van der Waals surface area contributed by atoms with E-state index in [2.05, 4.69) is 55.3 Å². The molecule has 1 aromatic carbocycles. The molecular formula is C25H35N7O3. The molecule has 4 unspecified atom stereocenters. The van der Waals surface area contributed by atoms with Crippen LogP contribution >= 0.6 is 0 Å². The van der Waals surface area contributed by atoms with E-state index < -0.39 is 0 Å². The molecule has 4 aliphatic rings. The second-order valence-electron chi connectivity index (χ2n) is 10.4. The molecule has 1 aromatic heterocycles. The molecule has 4 heterocycles. The largest absolute Gasteiger partial charge is 0.371 e. The van der Waals surface area contributed by atoms with E-state index in [1.54, 1.807) is 0 Å². The summed E-state index contributed by atoms with van der Waals surface area (Å²) >= 11 is 0. The van der Waals surface area contributed by atoms with Gasteiger partial charge in [-0.1, -0.05) is 37.5 Å². The predicted octanol–water partition coefficient (Wildman–Crippen LogP) is 2.28. The summed E-state index contributed by atoms with van der Waals surface area (Å²) in [5, 5.41) is 18.9. The number of amides is 2. The molecule has 3 saturated heterocycles. The predicted molar refractivity (Wildman–Crippen MR) is 129 cm³/mol. The van der Waals surface area contributed by atoms with Gasteiger partial charge in [0.2, 0.25) is 0 Å². The van der Waals surface area contributed by atoms with Gasteiger partial charge in [-0.2, -0.15) is 0 Å². The summed E-state index contributed by atoms with van der Waals surface area (Å²) < 4.78 is 14.1. The Morgan fingerprint density at radius 3 is 2.69 bits per heavy atom. The van der Waals surface area contributed by atoms with Crippen molar-refractivity contribution in [2.75, 3.05) is 26.3 Å². The molecule has 35 heavy (non-hydrogen) atoms. The third-order valence-electron chi connectivity index (χ3n) is 7.88. The third kappa shape index (κ3) is 4.92. The number of likely N-dealkylation sites (tertiary alicyclic amines) is 1. The minimum atomic E-state index is -0.212. The lowest BCUT2D eigenvalue weighted by atomic mass is 9.96. The molecule has 0 bridgehead atoms. The van der Waals surface area contributed by atoms with E-state index in [-0.39, 0.29) is 36.4 Å². The molecule has 2 aromatic rings. The smallest absolute Gasteiger partial charge is 0.315 e. The highest BCUT2D eigenvalue weighted by molar-refractivity contribution is 5.74. The van der Waals surface area contributed by atoms with Gasteiger partial charge in [0.15, 0.2) is 5.82 Å².